The smallest absolute Gasteiger partial charge is 0.387 e. The zero-order valence-corrected chi connectivity index (χ0v) is 16.3. The van der Waals surface area contributed by atoms with Crippen LogP contribution in [0.25, 0.3) is 10.2 Å². The van der Waals surface area contributed by atoms with E-state index in [9.17, 15) is 13.6 Å². The Morgan fingerprint density at radius 1 is 1.30 bits per heavy atom. The Morgan fingerprint density at radius 2 is 2.11 bits per heavy atom. The molecule has 4 nitrogen and oxygen atoms in total. The molecule has 3 rings (SSSR count). The number of carbonyl (C=O) groups excluding carboxylic acids is 1. The van der Waals surface area contributed by atoms with Crippen molar-refractivity contribution in [1.82, 2.24) is 4.98 Å². The topological polar surface area (TPSA) is 51.2 Å². The van der Waals surface area contributed by atoms with Crippen LogP contribution in [0.4, 0.5) is 14.5 Å². The molecule has 1 heterocycles. The van der Waals surface area contributed by atoms with Gasteiger partial charge in [0.05, 0.1) is 15.2 Å². The number of amides is 1. The van der Waals surface area contributed by atoms with Crippen LogP contribution in [-0.4, -0.2) is 23.3 Å². The summed E-state index contributed by atoms with van der Waals surface area (Å²) in [5, 5.41) is 2.71. The highest BCUT2D eigenvalue weighted by atomic mass is 35.5. The van der Waals surface area contributed by atoms with Crippen molar-refractivity contribution in [3.63, 3.8) is 0 Å². The highest BCUT2D eigenvalue weighted by molar-refractivity contribution is 8.01. The Bertz CT molecular complexity index is 904. The highest BCUT2D eigenvalue weighted by Crippen LogP contribution is 2.30. The second-order valence-corrected chi connectivity index (χ2v) is 8.25. The van der Waals surface area contributed by atoms with Gasteiger partial charge in [-0.25, -0.2) is 4.98 Å². The fraction of sp³-hybridized carbons (Fsp3) is 0.222. The number of aromatic nitrogens is 1. The average molecular weight is 429 g/mol. The minimum atomic E-state index is -2.95. The van der Waals surface area contributed by atoms with Gasteiger partial charge in [0.2, 0.25) is 5.91 Å². The SMILES string of the molecule is O=C(CCCSc1nc2ccccc2s1)Nc1ccc(OC(F)F)c(Cl)c1. The number of nitrogens with one attached hydrogen (secondary N) is 1. The maximum Gasteiger partial charge on any atom is 0.387 e. The summed E-state index contributed by atoms with van der Waals surface area (Å²) in [4.78, 5) is 16.5. The van der Waals surface area contributed by atoms with Crippen molar-refractivity contribution in [1.29, 1.82) is 0 Å². The summed E-state index contributed by atoms with van der Waals surface area (Å²) in [5.74, 6) is 0.477. The molecule has 1 amide bonds. The number of hydrogen-bond donors (Lipinski definition) is 1. The summed E-state index contributed by atoms with van der Waals surface area (Å²) in [5.41, 5.74) is 1.42. The molecule has 0 radical (unpaired) electrons. The summed E-state index contributed by atoms with van der Waals surface area (Å²) in [7, 11) is 0. The maximum atomic E-state index is 12.2. The molecule has 0 aliphatic carbocycles. The Balaban J connectivity index is 1.43. The number of carbonyl (C=O) groups is 1. The van der Waals surface area contributed by atoms with Gasteiger partial charge in [0.1, 0.15) is 5.75 Å². The molecule has 0 fully saturated rings. The molecular weight excluding hydrogens is 414 g/mol. The first kappa shape index (κ1) is 19.9. The number of anilines is 1. The normalized spacial score (nSPS) is 11.1. The third-order valence-corrected chi connectivity index (χ3v) is 6.04. The Hall–Kier alpha value is -1.90. The van der Waals surface area contributed by atoms with Crippen LogP contribution in [0.5, 0.6) is 5.75 Å². The molecule has 0 spiro atoms. The van der Waals surface area contributed by atoms with Crippen LogP contribution in [0.3, 0.4) is 0 Å². The van der Waals surface area contributed by atoms with E-state index in [1.54, 1.807) is 23.1 Å². The van der Waals surface area contributed by atoms with Gasteiger partial charge < -0.3 is 10.1 Å². The molecule has 0 unspecified atom stereocenters. The van der Waals surface area contributed by atoms with E-state index in [1.807, 2.05) is 24.3 Å². The van der Waals surface area contributed by atoms with Gasteiger partial charge in [0, 0.05) is 17.9 Å². The Morgan fingerprint density at radius 3 is 2.85 bits per heavy atom. The van der Waals surface area contributed by atoms with Gasteiger partial charge in [-0.05, 0) is 36.8 Å². The number of thioether (sulfide) groups is 1. The van der Waals surface area contributed by atoms with Crippen LogP contribution in [0, 0.1) is 0 Å². The van der Waals surface area contributed by atoms with Gasteiger partial charge in [-0.1, -0.05) is 35.5 Å². The summed E-state index contributed by atoms with van der Waals surface area (Å²) < 4.78 is 30.8. The van der Waals surface area contributed by atoms with E-state index >= 15 is 0 Å². The van der Waals surface area contributed by atoms with E-state index in [-0.39, 0.29) is 16.7 Å². The number of rotatable bonds is 8. The highest BCUT2D eigenvalue weighted by Gasteiger charge is 2.10. The number of benzene rings is 2. The van der Waals surface area contributed by atoms with Gasteiger partial charge in [-0.2, -0.15) is 8.78 Å². The predicted octanol–water partition coefficient (Wildman–Crippen LogP) is 6.06. The van der Waals surface area contributed by atoms with Gasteiger partial charge >= 0.3 is 6.61 Å². The Labute approximate surface area is 167 Å². The number of hydrogen-bond acceptors (Lipinski definition) is 5. The predicted molar refractivity (Wildman–Crippen MR) is 106 cm³/mol. The molecule has 0 aliphatic rings. The molecule has 2 aromatic carbocycles. The molecular formula is C18H15ClF2N2O2S2. The monoisotopic (exact) mass is 428 g/mol. The third kappa shape index (κ3) is 5.79. The van der Waals surface area contributed by atoms with Gasteiger partial charge in [-0.15, -0.1) is 11.3 Å². The lowest BCUT2D eigenvalue weighted by atomic mass is 10.2. The van der Waals surface area contributed by atoms with Crippen LogP contribution in [0.1, 0.15) is 12.8 Å². The fourth-order valence-electron chi connectivity index (χ4n) is 2.30. The largest absolute Gasteiger partial charge is 0.433 e. The van der Waals surface area contributed by atoms with Crippen LogP contribution >= 0.6 is 34.7 Å². The number of alkyl halides is 2. The van der Waals surface area contributed by atoms with Crippen molar-refractivity contribution in [3.05, 3.63) is 47.5 Å². The molecule has 1 aromatic heterocycles. The standard InChI is InChI=1S/C18H15ClF2N2O2S2/c19-12-10-11(7-8-14(12)25-17(20)21)22-16(24)6-3-9-26-18-23-13-4-1-2-5-15(13)27-18/h1-2,4-5,7-8,10,17H,3,6,9H2,(H,22,24). The molecule has 142 valence electrons. The molecule has 27 heavy (non-hydrogen) atoms. The van der Waals surface area contributed by atoms with Crippen LogP contribution in [-0.2, 0) is 4.79 Å². The number of ether oxygens (including phenoxy) is 1. The van der Waals surface area contributed by atoms with Crippen LogP contribution in [0.15, 0.2) is 46.8 Å². The quantitative estimate of drug-likeness (QED) is 0.350. The summed E-state index contributed by atoms with van der Waals surface area (Å²) in [6.45, 7) is -2.95. The minimum Gasteiger partial charge on any atom is -0.433 e. The number of nitrogens with zero attached hydrogens (tertiary/aromatic N) is 1. The first-order valence-electron chi connectivity index (χ1n) is 8.04. The molecule has 0 aliphatic heterocycles. The molecule has 0 saturated carbocycles. The Kier molecular flexibility index (Phi) is 6.87. The van der Waals surface area contributed by atoms with E-state index < -0.39 is 6.61 Å². The van der Waals surface area contributed by atoms with E-state index in [4.69, 9.17) is 11.6 Å². The first-order valence-corrected chi connectivity index (χ1v) is 10.2. The van der Waals surface area contributed by atoms with Gasteiger partial charge in [0.25, 0.3) is 0 Å². The summed E-state index contributed by atoms with van der Waals surface area (Å²) in [6, 6.07) is 12.1. The maximum absolute atomic E-state index is 12.2. The number of thiazole rings is 1. The van der Waals surface area contributed by atoms with Gasteiger partial charge in [-0.3, -0.25) is 4.79 Å². The first-order chi connectivity index (χ1) is 13.0. The second kappa shape index (κ2) is 9.34. The molecule has 9 heteroatoms. The van der Waals surface area contributed by atoms with Crippen molar-refractivity contribution in [3.8, 4) is 5.75 Å². The molecule has 0 saturated heterocycles. The molecule has 0 atom stereocenters. The van der Waals surface area contributed by atoms with Crippen molar-refractivity contribution >= 4 is 56.5 Å². The van der Waals surface area contributed by atoms with Gasteiger partial charge in [0.15, 0.2) is 4.34 Å². The fourth-order valence-corrected chi connectivity index (χ4v) is 4.60. The zero-order chi connectivity index (χ0) is 19.2. The van der Waals surface area contributed by atoms with E-state index in [2.05, 4.69) is 15.0 Å². The summed E-state index contributed by atoms with van der Waals surface area (Å²) in [6.07, 6.45) is 1.03. The van der Waals surface area contributed by atoms with Crippen LogP contribution in [0.2, 0.25) is 5.02 Å². The minimum absolute atomic E-state index is 0.0134. The van der Waals surface area contributed by atoms with Crippen molar-refractivity contribution < 1.29 is 18.3 Å². The van der Waals surface area contributed by atoms with Crippen molar-refractivity contribution in [2.75, 3.05) is 11.1 Å². The number of halogens is 3. The average Bonchev–Trinajstić information content (AvgIpc) is 3.03. The zero-order valence-electron chi connectivity index (χ0n) is 14.0. The van der Waals surface area contributed by atoms with E-state index in [0.717, 1.165) is 20.3 Å². The van der Waals surface area contributed by atoms with E-state index in [0.29, 0.717) is 18.5 Å². The second-order valence-electron chi connectivity index (χ2n) is 5.47. The number of para-hydroxylation sites is 1. The van der Waals surface area contributed by atoms with Crippen molar-refractivity contribution in [2.45, 2.75) is 23.8 Å². The summed E-state index contributed by atoms with van der Waals surface area (Å²) >= 11 is 9.13. The lowest BCUT2D eigenvalue weighted by molar-refractivity contribution is -0.116. The lowest BCUT2D eigenvalue weighted by Crippen LogP contribution is -2.11. The third-order valence-electron chi connectivity index (χ3n) is 3.48. The molecule has 3 aromatic rings. The number of fused-ring (bicyclic) bond motifs is 1. The molecule has 1 N–H and O–H groups in total. The molecule has 0 bridgehead atoms. The van der Waals surface area contributed by atoms with Crippen LogP contribution < -0.4 is 10.1 Å². The lowest BCUT2D eigenvalue weighted by Gasteiger charge is -2.09. The van der Waals surface area contributed by atoms with E-state index in [1.165, 1.54) is 18.2 Å². The van der Waals surface area contributed by atoms with Crippen molar-refractivity contribution in [2.24, 2.45) is 0 Å².